The van der Waals surface area contributed by atoms with E-state index in [0.717, 1.165) is 12.8 Å². The van der Waals surface area contributed by atoms with Crippen LogP contribution in [0.4, 0.5) is 0 Å². The number of nitrogens with one attached hydrogen (secondary N) is 1. The minimum absolute atomic E-state index is 0.00278. The molecule has 1 amide bonds. The molecule has 21 heavy (non-hydrogen) atoms. The third kappa shape index (κ3) is 3.13. The van der Waals surface area contributed by atoms with Crippen molar-refractivity contribution >= 4 is 5.91 Å². The third-order valence-electron chi connectivity index (χ3n) is 4.84. The van der Waals surface area contributed by atoms with Gasteiger partial charge in [0.1, 0.15) is 6.17 Å². The van der Waals surface area contributed by atoms with Crippen molar-refractivity contribution in [2.45, 2.75) is 65.7 Å². The summed E-state index contributed by atoms with van der Waals surface area (Å²) in [4.78, 5) is 14.7. The molecule has 3 nitrogen and oxygen atoms in total. The van der Waals surface area contributed by atoms with Crippen molar-refractivity contribution < 1.29 is 4.79 Å². The molecule has 1 aliphatic heterocycles. The molecule has 1 aliphatic rings. The maximum absolute atomic E-state index is 12.6. The molecule has 1 heterocycles. The van der Waals surface area contributed by atoms with Gasteiger partial charge in [0.25, 0.3) is 0 Å². The van der Waals surface area contributed by atoms with Crippen LogP contribution in [0, 0.1) is 12.8 Å². The van der Waals surface area contributed by atoms with Gasteiger partial charge in [-0.1, -0.05) is 56.5 Å². The van der Waals surface area contributed by atoms with Gasteiger partial charge in [-0.2, -0.15) is 0 Å². The minimum atomic E-state index is -0.104. The van der Waals surface area contributed by atoms with Gasteiger partial charge >= 0.3 is 0 Å². The van der Waals surface area contributed by atoms with Gasteiger partial charge in [-0.15, -0.1) is 0 Å². The first kappa shape index (κ1) is 16.0. The molecule has 1 aromatic rings. The van der Waals surface area contributed by atoms with E-state index in [0.29, 0.717) is 5.92 Å². The molecule has 3 unspecified atom stereocenters. The molecule has 0 aliphatic carbocycles. The molecule has 2 rings (SSSR count). The highest BCUT2D eigenvalue weighted by molar-refractivity contribution is 5.84. The molecule has 3 atom stereocenters. The van der Waals surface area contributed by atoms with E-state index in [9.17, 15) is 4.79 Å². The van der Waals surface area contributed by atoms with Crippen LogP contribution < -0.4 is 5.32 Å². The summed E-state index contributed by atoms with van der Waals surface area (Å²) in [5.74, 6) is 0.772. The van der Waals surface area contributed by atoms with Gasteiger partial charge in [-0.05, 0) is 32.3 Å². The fourth-order valence-corrected chi connectivity index (χ4v) is 3.47. The molecule has 1 saturated heterocycles. The Morgan fingerprint density at radius 3 is 2.52 bits per heavy atom. The molecule has 3 heteroatoms. The minimum Gasteiger partial charge on any atom is -0.319 e. The average Bonchev–Trinajstić information content (AvgIpc) is 2.76. The molecular formula is C18H28N2O. The van der Waals surface area contributed by atoms with Crippen LogP contribution in [-0.2, 0) is 4.79 Å². The van der Waals surface area contributed by atoms with Crippen molar-refractivity contribution in [2.75, 3.05) is 0 Å². The Morgan fingerprint density at radius 2 is 1.95 bits per heavy atom. The van der Waals surface area contributed by atoms with Crippen LogP contribution >= 0.6 is 0 Å². The molecule has 1 aromatic carbocycles. The lowest BCUT2D eigenvalue weighted by Gasteiger charge is -2.35. The molecule has 1 fully saturated rings. The second-order valence-corrected chi connectivity index (χ2v) is 6.27. The number of carbonyl (C=O) groups excluding carboxylic acids is 1. The van der Waals surface area contributed by atoms with E-state index in [4.69, 9.17) is 0 Å². The first-order valence-corrected chi connectivity index (χ1v) is 8.14. The monoisotopic (exact) mass is 288 g/mol. The zero-order valence-corrected chi connectivity index (χ0v) is 13.9. The molecule has 0 spiro atoms. The zero-order valence-electron chi connectivity index (χ0n) is 13.9. The fourth-order valence-electron chi connectivity index (χ4n) is 3.47. The van der Waals surface area contributed by atoms with Crippen LogP contribution in [0.1, 0.15) is 57.8 Å². The third-order valence-corrected chi connectivity index (χ3v) is 4.84. The van der Waals surface area contributed by atoms with E-state index in [1.807, 2.05) is 6.92 Å². The molecule has 0 radical (unpaired) electrons. The van der Waals surface area contributed by atoms with E-state index < -0.39 is 0 Å². The number of amides is 1. The van der Waals surface area contributed by atoms with Crippen molar-refractivity contribution in [2.24, 2.45) is 5.92 Å². The number of hydrogen-bond donors (Lipinski definition) is 1. The summed E-state index contributed by atoms with van der Waals surface area (Å²) >= 11 is 0. The Balaban J connectivity index is 2.33. The standard InChI is InChI=1S/C18H28N2O/c1-6-15(7-2)14(5)20-17(19-13(4)18(20)21)16-10-8-9-12(3)11-16/h8-11,13-15,17,19H,6-7H2,1-5H3. The number of nitrogens with zero attached hydrogens (tertiary/aromatic N) is 1. The molecule has 0 aromatic heterocycles. The van der Waals surface area contributed by atoms with Gasteiger partial charge in [0.15, 0.2) is 0 Å². The molecule has 0 bridgehead atoms. The second-order valence-electron chi connectivity index (χ2n) is 6.27. The first-order valence-electron chi connectivity index (χ1n) is 8.14. The van der Waals surface area contributed by atoms with Crippen LogP contribution in [0.2, 0.25) is 0 Å². The maximum atomic E-state index is 12.6. The number of carbonyl (C=O) groups is 1. The first-order chi connectivity index (χ1) is 9.99. The summed E-state index contributed by atoms with van der Waals surface area (Å²) in [6.45, 7) is 10.7. The van der Waals surface area contributed by atoms with Crippen molar-refractivity contribution in [1.29, 1.82) is 0 Å². The van der Waals surface area contributed by atoms with Crippen LogP contribution in [0.15, 0.2) is 24.3 Å². The van der Waals surface area contributed by atoms with Crippen molar-refractivity contribution in [3.8, 4) is 0 Å². The summed E-state index contributed by atoms with van der Waals surface area (Å²) in [5, 5.41) is 3.46. The fraction of sp³-hybridized carbons (Fsp3) is 0.611. The zero-order chi connectivity index (χ0) is 15.6. The SMILES string of the molecule is CCC(CC)C(C)N1C(=O)C(C)NC1c1cccc(C)c1. The highest BCUT2D eigenvalue weighted by atomic mass is 16.2. The van der Waals surface area contributed by atoms with Crippen molar-refractivity contribution in [3.05, 3.63) is 35.4 Å². The van der Waals surface area contributed by atoms with Gasteiger partial charge in [0, 0.05) is 6.04 Å². The van der Waals surface area contributed by atoms with Gasteiger partial charge in [0.05, 0.1) is 6.04 Å². The van der Waals surface area contributed by atoms with Crippen LogP contribution in [0.5, 0.6) is 0 Å². The lowest BCUT2D eigenvalue weighted by atomic mass is 9.93. The van der Waals surface area contributed by atoms with E-state index in [2.05, 4.69) is 62.2 Å². The Labute approximate surface area is 128 Å². The Morgan fingerprint density at radius 1 is 1.29 bits per heavy atom. The molecule has 0 saturated carbocycles. The molecular weight excluding hydrogens is 260 g/mol. The van der Waals surface area contributed by atoms with Gasteiger partial charge < -0.3 is 4.90 Å². The maximum Gasteiger partial charge on any atom is 0.241 e. The lowest BCUT2D eigenvalue weighted by molar-refractivity contribution is -0.133. The molecule has 116 valence electrons. The van der Waals surface area contributed by atoms with Crippen LogP contribution in [0.25, 0.3) is 0 Å². The van der Waals surface area contributed by atoms with Crippen molar-refractivity contribution in [1.82, 2.24) is 10.2 Å². The summed E-state index contributed by atoms with van der Waals surface area (Å²) < 4.78 is 0. The Bertz CT molecular complexity index is 496. The van der Waals surface area contributed by atoms with E-state index in [1.54, 1.807) is 0 Å². The number of hydrogen-bond acceptors (Lipinski definition) is 2. The van der Waals surface area contributed by atoms with Crippen molar-refractivity contribution in [3.63, 3.8) is 0 Å². The summed E-state index contributed by atoms with van der Waals surface area (Å²) in [6.07, 6.45) is 2.22. The number of benzene rings is 1. The van der Waals surface area contributed by atoms with E-state index in [1.165, 1.54) is 11.1 Å². The number of aryl methyl sites for hydroxylation is 1. The van der Waals surface area contributed by atoms with Crippen LogP contribution in [0.3, 0.4) is 0 Å². The summed E-state index contributed by atoms with van der Waals surface area (Å²) in [7, 11) is 0. The average molecular weight is 288 g/mol. The molecule has 1 N–H and O–H groups in total. The Hall–Kier alpha value is -1.35. The number of rotatable bonds is 5. The summed E-state index contributed by atoms with van der Waals surface area (Å²) in [6, 6.07) is 8.61. The van der Waals surface area contributed by atoms with Gasteiger partial charge in [-0.3, -0.25) is 10.1 Å². The smallest absolute Gasteiger partial charge is 0.241 e. The van der Waals surface area contributed by atoms with Gasteiger partial charge in [-0.25, -0.2) is 0 Å². The van der Waals surface area contributed by atoms with E-state index in [-0.39, 0.29) is 24.2 Å². The van der Waals surface area contributed by atoms with E-state index >= 15 is 0 Å². The normalized spacial score (nSPS) is 23.9. The highest BCUT2D eigenvalue weighted by Gasteiger charge is 2.41. The predicted octanol–water partition coefficient (Wildman–Crippen LogP) is 3.64. The van der Waals surface area contributed by atoms with Crippen LogP contribution in [-0.4, -0.2) is 22.9 Å². The summed E-state index contributed by atoms with van der Waals surface area (Å²) in [5.41, 5.74) is 2.42. The topological polar surface area (TPSA) is 32.3 Å². The predicted molar refractivity (Wildman–Crippen MR) is 86.9 cm³/mol. The second kappa shape index (κ2) is 6.61. The largest absolute Gasteiger partial charge is 0.319 e. The Kier molecular flexibility index (Phi) is 5.04. The lowest BCUT2D eigenvalue weighted by Crippen LogP contribution is -2.42. The highest BCUT2D eigenvalue weighted by Crippen LogP contribution is 2.32. The quantitative estimate of drug-likeness (QED) is 0.897. The van der Waals surface area contributed by atoms with Gasteiger partial charge in [0.2, 0.25) is 5.91 Å².